The Balaban J connectivity index is 5.31. The number of rotatable bonds is 24. The van der Waals surface area contributed by atoms with Gasteiger partial charge in [0.15, 0.2) is 0 Å². The monoisotopic (exact) mass is 852 g/mol. The number of hydrogen-bond acceptors (Lipinski definition) is 23. The number of carbonyl (C=O) groups is 8. The third-order valence-electron chi connectivity index (χ3n) is 8.21. The minimum Gasteiger partial charge on any atom is -0.450 e. The summed E-state index contributed by atoms with van der Waals surface area (Å²) in [7, 11) is 0. The van der Waals surface area contributed by atoms with Gasteiger partial charge in [0.2, 0.25) is 20.4 Å². The van der Waals surface area contributed by atoms with Crippen molar-refractivity contribution >= 4 is 49.2 Å². The molecule has 27 heteroatoms. The van der Waals surface area contributed by atoms with E-state index in [1.165, 1.54) is 0 Å². The topological polar surface area (TPSA) is 295 Å². The second-order valence-corrected chi connectivity index (χ2v) is 10.8. The summed E-state index contributed by atoms with van der Waals surface area (Å²) in [6, 6.07) is 0. The Labute approximate surface area is 332 Å². The number of nitrogens with zero attached hydrogens (tertiary/aromatic N) is 3. The van der Waals surface area contributed by atoms with Crippen molar-refractivity contribution in [3.8, 4) is 0 Å². The molecule has 0 spiro atoms. The molecule has 0 saturated heterocycles. The zero-order valence-corrected chi connectivity index (χ0v) is 33.8. The van der Waals surface area contributed by atoms with Gasteiger partial charge in [-0.3, -0.25) is 0 Å². The Morgan fingerprint density at radius 3 is 0.793 bits per heavy atom. The molecule has 0 aromatic rings. The first-order chi connectivity index (χ1) is 27.4. The second kappa shape index (κ2) is 26.8. The maximum atomic E-state index is 12.5. The van der Waals surface area contributed by atoms with E-state index >= 15 is 0 Å². The second-order valence-electron chi connectivity index (χ2n) is 10.8. The van der Waals surface area contributed by atoms with Crippen LogP contribution in [0.1, 0.15) is 62.3 Å². The minimum absolute atomic E-state index is 0.0978. The lowest BCUT2D eigenvalue weighted by molar-refractivity contribution is -1.09. The summed E-state index contributed by atoms with van der Waals surface area (Å²) in [5.41, 5.74) is 0. The van der Waals surface area contributed by atoms with Crippen molar-refractivity contribution in [2.24, 2.45) is 0 Å². The van der Waals surface area contributed by atoms with E-state index in [4.69, 9.17) is 29.1 Å². The molecule has 0 bridgehead atoms. The zero-order chi connectivity index (χ0) is 44.4. The van der Waals surface area contributed by atoms with E-state index in [0.717, 1.165) is 0 Å². The van der Waals surface area contributed by atoms with Gasteiger partial charge in [0.05, 0.1) is 0 Å². The third-order valence-corrected chi connectivity index (χ3v) is 8.21. The minimum atomic E-state index is -2.67. The van der Waals surface area contributed by atoms with E-state index in [1.807, 2.05) is 0 Å². The summed E-state index contributed by atoms with van der Waals surface area (Å²) in [4.78, 5) is 112. The van der Waals surface area contributed by atoms with Gasteiger partial charge in [-0.25, -0.2) is 38.5 Å². The first-order valence-corrected chi connectivity index (χ1v) is 17.8. The molecular weight excluding hydrogens is 798 g/mol. The first-order valence-electron chi connectivity index (χ1n) is 17.8. The van der Waals surface area contributed by atoms with Gasteiger partial charge in [0.1, 0.15) is 58.9 Å². The quantitative estimate of drug-likeness (QED) is 0.0457. The van der Waals surface area contributed by atoms with Gasteiger partial charge < -0.3 is 61.9 Å². The van der Waals surface area contributed by atoms with Crippen LogP contribution in [0.25, 0.3) is 0 Å². The molecule has 0 saturated carbocycles. The van der Waals surface area contributed by atoms with Crippen LogP contribution in [0.5, 0.6) is 0 Å². The average Bonchev–Trinajstić information content (AvgIpc) is 3.17. The lowest BCUT2D eigenvalue weighted by atomic mass is 10.5. The van der Waals surface area contributed by atoms with E-state index in [9.17, 15) is 38.4 Å². The zero-order valence-electron chi connectivity index (χ0n) is 33.8. The standard InChI is InChI=1S/C31H53N3O24/c1-10-32(11-2,12-3)56-27(41)48-20-46-24(38)52-30(50-22(35)36)51-23(37)44-19-45-25(39)53-31(55-29(43)58-34(16-7,17-8)18-9)54-26(40)47-21-49-28(42)57-33(13-4,14-5)15-6/h30-31H,10-21H2,1-9H3/q+2/p+1. The molecule has 0 aliphatic carbocycles. The van der Waals surface area contributed by atoms with Crippen LogP contribution in [0.15, 0.2) is 0 Å². The molecule has 0 aliphatic heterocycles. The molecule has 0 aromatic heterocycles. The van der Waals surface area contributed by atoms with Crippen LogP contribution >= 0.6 is 0 Å². The van der Waals surface area contributed by atoms with Gasteiger partial charge in [-0.2, -0.15) is 14.4 Å². The number of ether oxygens (including phenoxy) is 12. The van der Waals surface area contributed by atoms with Crippen LogP contribution in [0.2, 0.25) is 0 Å². The van der Waals surface area contributed by atoms with Gasteiger partial charge >= 0.3 is 62.2 Å². The maximum Gasteiger partial charge on any atom is 0.565 e. The highest BCUT2D eigenvalue weighted by molar-refractivity contribution is 5.65. The SMILES string of the molecule is CC[N+](CC)(CC)OC(=O)OCOC(=O)OC(OC(=O)O)OC(=O)OCOC(=O)OC(OC(=O)OCOC(=O)O[N+](CC)(CC)CC)OC(=O)O[N+](CC)(CC)CC. The van der Waals surface area contributed by atoms with Gasteiger partial charge in [-0.1, -0.05) is 0 Å². The molecule has 334 valence electrons. The van der Waals surface area contributed by atoms with Gasteiger partial charge in [0, 0.05) is 0 Å². The fraction of sp³-hybridized carbons (Fsp3) is 0.742. The van der Waals surface area contributed by atoms with Crippen LogP contribution in [-0.2, 0) is 71.4 Å². The molecule has 0 radical (unpaired) electrons. The van der Waals surface area contributed by atoms with Crippen molar-refractivity contribution in [3.05, 3.63) is 0 Å². The van der Waals surface area contributed by atoms with Gasteiger partial charge in [0.25, 0.3) is 0 Å². The molecular formula is C31H54N3O24+3. The average molecular weight is 853 g/mol. The fourth-order valence-electron chi connectivity index (χ4n) is 4.27. The number of quaternary nitrogens is 3. The number of carbonyl (C=O) groups excluding carboxylic acids is 7. The molecule has 58 heavy (non-hydrogen) atoms. The molecule has 0 aromatic carbocycles. The van der Waals surface area contributed by atoms with Crippen LogP contribution < -0.4 is 0 Å². The summed E-state index contributed by atoms with van der Waals surface area (Å²) in [5.74, 6) is 0. The molecule has 0 amide bonds. The van der Waals surface area contributed by atoms with Crippen LogP contribution in [0.4, 0.5) is 38.4 Å². The van der Waals surface area contributed by atoms with Gasteiger partial charge in [-0.15, -0.1) is 13.9 Å². The Morgan fingerprint density at radius 1 is 0.345 bits per heavy atom. The maximum absolute atomic E-state index is 12.5. The Bertz CT molecular complexity index is 1310. The summed E-state index contributed by atoms with van der Waals surface area (Å²) < 4.78 is 53.4. The molecule has 2 unspecified atom stereocenters. The van der Waals surface area contributed by atoms with Crippen LogP contribution in [-0.4, -0.2) is 161 Å². The molecule has 0 aliphatic rings. The van der Waals surface area contributed by atoms with Crippen LogP contribution in [0.3, 0.4) is 0 Å². The van der Waals surface area contributed by atoms with Gasteiger partial charge in [-0.05, 0) is 62.3 Å². The lowest BCUT2D eigenvalue weighted by Gasteiger charge is -2.30. The Morgan fingerprint density at radius 2 is 0.552 bits per heavy atom. The molecule has 0 fully saturated rings. The van der Waals surface area contributed by atoms with Crippen molar-refractivity contribution in [1.82, 2.24) is 0 Å². The normalized spacial score (nSPS) is 12.2. The molecule has 1 N–H and O–H groups in total. The van der Waals surface area contributed by atoms with Crippen molar-refractivity contribution in [3.63, 3.8) is 0 Å². The fourth-order valence-corrected chi connectivity index (χ4v) is 4.27. The highest BCUT2D eigenvalue weighted by atomic mass is 17.0. The van der Waals surface area contributed by atoms with Crippen molar-refractivity contribution in [2.45, 2.75) is 75.3 Å². The van der Waals surface area contributed by atoms with Crippen molar-refractivity contribution in [2.75, 3.05) is 79.3 Å². The van der Waals surface area contributed by atoms with E-state index in [2.05, 4.69) is 47.4 Å². The molecule has 0 heterocycles. The Hall–Kier alpha value is -5.96. The highest BCUT2D eigenvalue weighted by Crippen LogP contribution is 2.14. The van der Waals surface area contributed by atoms with E-state index in [-0.39, 0.29) is 33.6 Å². The summed E-state index contributed by atoms with van der Waals surface area (Å²) >= 11 is 0. The first kappa shape index (κ1) is 52.0. The molecule has 27 nitrogen and oxygen atoms in total. The van der Waals surface area contributed by atoms with E-state index in [1.54, 1.807) is 62.3 Å². The lowest BCUT2D eigenvalue weighted by Crippen LogP contribution is -2.49. The number of hydroxylamine groups is 9. The molecule has 0 rings (SSSR count). The van der Waals surface area contributed by atoms with E-state index in [0.29, 0.717) is 39.3 Å². The summed E-state index contributed by atoms with van der Waals surface area (Å²) in [6.45, 7) is 10.2. The largest absolute Gasteiger partial charge is 0.565 e. The summed E-state index contributed by atoms with van der Waals surface area (Å²) in [5, 5.41) is 8.86. The van der Waals surface area contributed by atoms with Crippen molar-refractivity contribution in [1.29, 1.82) is 0 Å². The number of carboxylic acid groups (broad SMARTS) is 1. The van der Waals surface area contributed by atoms with Crippen LogP contribution in [0, 0.1) is 0 Å². The Kier molecular flexibility index (Phi) is 24.1. The molecule has 2 atom stereocenters. The van der Waals surface area contributed by atoms with Crippen molar-refractivity contribution < 1.29 is 129 Å². The predicted molar refractivity (Wildman–Crippen MR) is 180 cm³/mol. The third kappa shape index (κ3) is 19.8. The predicted octanol–water partition coefficient (Wildman–Crippen LogP) is 4.57. The number of hydrogen-bond donors (Lipinski definition) is 1. The summed E-state index contributed by atoms with van der Waals surface area (Å²) in [6.07, 6.45) is -13.2. The van der Waals surface area contributed by atoms with E-state index < -0.39 is 82.6 Å². The smallest absolute Gasteiger partial charge is 0.450 e. The highest BCUT2D eigenvalue weighted by Gasteiger charge is 2.35.